The van der Waals surface area contributed by atoms with Crippen LogP contribution in [-0.2, 0) is 10.8 Å². The van der Waals surface area contributed by atoms with Crippen LogP contribution in [0.5, 0.6) is 11.5 Å². The van der Waals surface area contributed by atoms with E-state index in [2.05, 4.69) is 197 Å². The third-order valence-corrected chi connectivity index (χ3v) is 13.0. The molecule has 0 saturated heterocycles. The van der Waals surface area contributed by atoms with Crippen LogP contribution in [0.3, 0.4) is 0 Å². The van der Waals surface area contributed by atoms with E-state index in [1.165, 1.54) is 65.6 Å². The van der Waals surface area contributed by atoms with Gasteiger partial charge in [0.15, 0.2) is 0 Å². The van der Waals surface area contributed by atoms with Crippen molar-refractivity contribution >= 4 is 76.1 Å². The summed E-state index contributed by atoms with van der Waals surface area (Å²) in [7, 11) is 0. The van der Waals surface area contributed by atoms with Gasteiger partial charge < -0.3 is 14.5 Å². The molecule has 0 fully saturated rings. The largest absolute Gasteiger partial charge is 0.456 e. The van der Waals surface area contributed by atoms with E-state index in [9.17, 15) is 0 Å². The summed E-state index contributed by atoms with van der Waals surface area (Å²) in [5.74, 6) is 2.54. The SMILES string of the molecule is Cc1cc(C(C)(C)C)cc(C)c1N1CN(c2cccc(Oc3cc4c(c5ccccc5n4-c4cc(C(C)(C)C)ccn4)c4c3sc3ccccc34)c2)c2ccccc21. The quantitative estimate of drug-likeness (QED) is 0.174. The van der Waals surface area contributed by atoms with Crippen molar-refractivity contribution in [3.8, 4) is 17.3 Å². The van der Waals surface area contributed by atoms with Crippen LogP contribution < -0.4 is 14.5 Å². The summed E-state index contributed by atoms with van der Waals surface area (Å²) in [4.78, 5) is 9.86. The highest BCUT2D eigenvalue weighted by molar-refractivity contribution is 7.26. The Kier molecular flexibility index (Phi) is 8.26. The molecule has 10 rings (SSSR count). The number of fused-ring (bicyclic) bond motifs is 8. The Morgan fingerprint density at radius 1 is 0.603 bits per heavy atom. The van der Waals surface area contributed by atoms with Crippen molar-refractivity contribution in [3.05, 3.63) is 156 Å². The zero-order chi connectivity index (χ0) is 40.1. The van der Waals surface area contributed by atoms with Crippen molar-refractivity contribution in [3.63, 3.8) is 0 Å². The third kappa shape index (κ3) is 5.84. The van der Waals surface area contributed by atoms with Gasteiger partial charge in [-0.1, -0.05) is 108 Å². The van der Waals surface area contributed by atoms with Gasteiger partial charge in [-0.25, -0.2) is 4.98 Å². The maximum atomic E-state index is 7.11. The van der Waals surface area contributed by atoms with Gasteiger partial charge in [0.2, 0.25) is 0 Å². The van der Waals surface area contributed by atoms with Crippen LogP contribution in [0.2, 0.25) is 0 Å². The average Bonchev–Trinajstić information content (AvgIpc) is 3.87. The van der Waals surface area contributed by atoms with Crippen molar-refractivity contribution in [1.29, 1.82) is 0 Å². The van der Waals surface area contributed by atoms with E-state index in [0.29, 0.717) is 6.67 Å². The summed E-state index contributed by atoms with van der Waals surface area (Å²) in [6, 6.07) is 46.1. The molecule has 0 spiro atoms. The molecule has 9 aromatic rings. The van der Waals surface area contributed by atoms with E-state index in [0.717, 1.165) is 38.7 Å². The van der Waals surface area contributed by atoms with Crippen molar-refractivity contribution in [2.24, 2.45) is 0 Å². The van der Waals surface area contributed by atoms with Crippen LogP contribution in [0, 0.1) is 13.8 Å². The minimum absolute atomic E-state index is 0.0198. The lowest BCUT2D eigenvalue weighted by molar-refractivity contribution is 0.489. The van der Waals surface area contributed by atoms with E-state index in [1.807, 2.05) is 6.20 Å². The van der Waals surface area contributed by atoms with Gasteiger partial charge in [0.25, 0.3) is 0 Å². The van der Waals surface area contributed by atoms with Crippen molar-refractivity contribution in [1.82, 2.24) is 9.55 Å². The molecule has 5 nitrogen and oxygen atoms in total. The van der Waals surface area contributed by atoms with E-state index >= 15 is 0 Å². The molecule has 288 valence electrons. The van der Waals surface area contributed by atoms with E-state index < -0.39 is 0 Å². The second kappa shape index (κ2) is 13.2. The summed E-state index contributed by atoms with van der Waals surface area (Å²) >= 11 is 1.80. The first-order chi connectivity index (χ1) is 27.8. The highest BCUT2D eigenvalue weighted by Gasteiger charge is 2.31. The fourth-order valence-electron chi connectivity index (χ4n) is 8.93. The van der Waals surface area contributed by atoms with Gasteiger partial charge in [0.05, 0.1) is 27.1 Å². The van der Waals surface area contributed by atoms with Gasteiger partial charge in [-0.15, -0.1) is 11.3 Å². The number of benzene rings is 6. The van der Waals surface area contributed by atoms with Gasteiger partial charge in [-0.05, 0) is 95.5 Å². The normalized spacial score (nSPS) is 13.4. The Labute approximate surface area is 344 Å². The zero-order valence-corrected chi connectivity index (χ0v) is 35.3. The Balaban J connectivity index is 1.11. The molecule has 6 heteroatoms. The molecular formula is C52H48N4OS. The molecule has 0 radical (unpaired) electrons. The Morgan fingerprint density at radius 2 is 1.28 bits per heavy atom. The maximum Gasteiger partial charge on any atom is 0.147 e. The van der Waals surface area contributed by atoms with Gasteiger partial charge in [-0.3, -0.25) is 4.57 Å². The number of aryl methyl sites for hydroxylation is 2. The number of nitrogens with zero attached hydrogens (tertiary/aromatic N) is 4. The second-order valence-corrected chi connectivity index (χ2v) is 18.9. The number of aromatic nitrogens is 2. The summed E-state index contributed by atoms with van der Waals surface area (Å²) in [6.07, 6.45) is 1.94. The molecule has 4 heterocycles. The smallest absolute Gasteiger partial charge is 0.147 e. The van der Waals surface area contributed by atoms with E-state index in [-0.39, 0.29) is 10.8 Å². The van der Waals surface area contributed by atoms with Gasteiger partial charge in [0, 0.05) is 55.9 Å². The number of anilines is 4. The van der Waals surface area contributed by atoms with Crippen LogP contribution in [0.4, 0.5) is 22.7 Å². The fourth-order valence-corrected chi connectivity index (χ4v) is 10.1. The highest BCUT2D eigenvalue weighted by atomic mass is 32.1. The molecule has 0 N–H and O–H groups in total. The van der Waals surface area contributed by atoms with Crippen molar-refractivity contribution in [2.75, 3.05) is 16.5 Å². The molecule has 0 atom stereocenters. The minimum Gasteiger partial charge on any atom is -0.456 e. The summed E-state index contributed by atoms with van der Waals surface area (Å²) in [5.41, 5.74) is 12.2. The zero-order valence-electron chi connectivity index (χ0n) is 34.5. The lowest BCUT2D eigenvalue weighted by atomic mass is 9.84. The Bertz CT molecular complexity index is 3060. The maximum absolute atomic E-state index is 7.11. The van der Waals surface area contributed by atoms with Crippen LogP contribution in [0.25, 0.3) is 47.8 Å². The molecule has 1 aliphatic rings. The molecule has 6 aromatic carbocycles. The topological polar surface area (TPSA) is 33.5 Å². The van der Waals surface area contributed by atoms with Crippen molar-refractivity contribution < 1.29 is 4.74 Å². The van der Waals surface area contributed by atoms with E-state index in [1.54, 1.807) is 11.3 Å². The number of hydrogen-bond donors (Lipinski definition) is 0. The summed E-state index contributed by atoms with van der Waals surface area (Å²) in [5, 5.41) is 4.89. The van der Waals surface area contributed by atoms with Crippen LogP contribution in [0.15, 0.2) is 134 Å². The van der Waals surface area contributed by atoms with E-state index in [4.69, 9.17) is 9.72 Å². The highest BCUT2D eigenvalue weighted by Crippen LogP contribution is 2.50. The first-order valence-corrected chi connectivity index (χ1v) is 21.0. The molecular weight excluding hydrogens is 729 g/mol. The van der Waals surface area contributed by atoms with Crippen molar-refractivity contribution in [2.45, 2.75) is 66.2 Å². The second-order valence-electron chi connectivity index (χ2n) is 17.9. The molecule has 0 saturated carbocycles. The summed E-state index contributed by atoms with van der Waals surface area (Å²) in [6.45, 7) is 18.8. The summed E-state index contributed by atoms with van der Waals surface area (Å²) < 4.78 is 11.8. The Hall–Kier alpha value is -6.11. The molecule has 1 aliphatic heterocycles. The number of pyridine rings is 1. The van der Waals surface area contributed by atoms with Crippen LogP contribution in [0.1, 0.15) is 63.8 Å². The van der Waals surface area contributed by atoms with Gasteiger partial charge in [-0.2, -0.15) is 0 Å². The molecule has 0 bridgehead atoms. The lowest BCUT2D eigenvalue weighted by Gasteiger charge is -2.28. The predicted octanol–water partition coefficient (Wildman–Crippen LogP) is 14.8. The van der Waals surface area contributed by atoms with Crippen LogP contribution in [-0.4, -0.2) is 16.2 Å². The fraction of sp³-hybridized carbons (Fsp3) is 0.212. The monoisotopic (exact) mass is 776 g/mol. The Morgan fingerprint density at radius 3 is 2.02 bits per heavy atom. The average molecular weight is 777 g/mol. The number of rotatable bonds is 5. The number of thiophene rings is 1. The molecule has 3 aromatic heterocycles. The third-order valence-electron chi connectivity index (χ3n) is 11.8. The molecule has 0 unspecified atom stereocenters. The van der Waals surface area contributed by atoms with Gasteiger partial charge in [0.1, 0.15) is 24.0 Å². The standard InChI is InChI=1S/C52H48N4OS/c1-32-26-35(52(6,7)8)27-33(2)49(32)55-31-54(41-21-12-13-22-42(41)55)36-16-15-17-37(29-36)57-44-30-43-47(48-39-19-10-14-23-45(39)58-50(44)48)38-18-9-11-20-40(38)56(43)46-28-34(24-25-53-46)51(3,4)5/h9-30H,31H2,1-8H3. The number of para-hydroxylation sites is 3. The first kappa shape index (κ1) is 36.2. The number of hydrogen-bond acceptors (Lipinski definition) is 5. The van der Waals surface area contributed by atoms with Crippen LogP contribution >= 0.6 is 11.3 Å². The lowest BCUT2D eigenvalue weighted by Crippen LogP contribution is -2.25. The minimum atomic E-state index is -0.0198. The first-order valence-electron chi connectivity index (χ1n) is 20.2. The molecule has 0 aliphatic carbocycles. The molecule has 58 heavy (non-hydrogen) atoms. The van der Waals surface area contributed by atoms with Gasteiger partial charge >= 0.3 is 0 Å². The number of ether oxygens (including phenoxy) is 1. The molecule has 0 amide bonds. The predicted molar refractivity (Wildman–Crippen MR) is 247 cm³/mol.